The Hall–Kier alpha value is -2.08. The number of hydrogen-bond donors (Lipinski definition) is 0. The fourth-order valence-electron chi connectivity index (χ4n) is 3.98. The molecule has 1 fully saturated rings. The fourth-order valence-corrected chi connectivity index (χ4v) is 3.98. The summed E-state index contributed by atoms with van der Waals surface area (Å²) in [5.41, 5.74) is 1.95. The van der Waals surface area contributed by atoms with Gasteiger partial charge in [0.1, 0.15) is 6.54 Å². The first kappa shape index (κ1) is 18.7. The summed E-state index contributed by atoms with van der Waals surface area (Å²) < 4.78 is 0. The largest absolute Gasteiger partial charge is 0.341 e. The van der Waals surface area contributed by atoms with Crippen LogP contribution in [0.1, 0.15) is 25.3 Å². The van der Waals surface area contributed by atoms with E-state index < -0.39 is 0 Å². The molecule has 2 heterocycles. The molecule has 0 unspecified atom stereocenters. The van der Waals surface area contributed by atoms with Gasteiger partial charge in [-0.2, -0.15) is 0 Å². The maximum atomic E-state index is 12.8. The maximum Gasteiger partial charge on any atom is 0.325 e. The number of urea groups is 1. The lowest BCUT2D eigenvalue weighted by Crippen LogP contribution is -2.51. The van der Waals surface area contributed by atoms with Crippen molar-refractivity contribution in [3.05, 3.63) is 29.8 Å². The number of nitrogens with zero attached hydrogens (tertiary/aromatic N) is 4. The van der Waals surface area contributed by atoms with Gasteiger partial charge in [0.2, 0.25) is 5.91 Å². The summed E-state index contributed by atoms with van der Waals surface area (Å²) in [6.45, 7) is 4.52. The third kappa shape index (κ3) is 3.70. The second kappa shape index (κ2) is 7.66. The molecule has 6 heteroatoms. The molecule has 3 rings (SSSR count). The van der Waals surface area contributed by atoms with Crippen molar-refractivity contribution in [1.82, 2.24) is 14.7 Å². The highest BCUT2D eigenvalue weighted by atomic mass is 16.2. The minimum Gasteiger partial charge on any atom is -0.341 e. The van der Waals surface area contributed by atoms with Gasteiger partial charge in [-0.15, -0.1) is 0 Å². The topological polar surface area (TPSA) is 47.1 Å². The predicted octanol–water partition coefficient (Wildman–Crippen LogP) is 2.25. The molecule has 2 aliphatic rings. The zero-order valence-corrected chi connectivity index (χ0v) is 16.3. The number of hydrogen-bond acceptors (Lipinski definition) is 3. The third-order valence-corrected chi connectivity index (χ3v) is 5.93. The summed E-state index contributed by atoms with van der Waals surface area (Å²) in [5, 5.41) is 0. The van der Waals surface area contributed by atoms with E-state index in [4.69, 9.17) is 0 Å². The van der Waals surface area contributed by atoms with Gasteiger partial charge in [-0.3, -0.25) is 9.69 Å². The molecular weight excluding hydrogens is 328 g/mol. The standard InChI is InChI=1S/C20H30N4O2/c1-15(21(2)3)16-9-11-23(12-10-16)19(25)14-24-18-8-6-5-7-17(18)13-22(4)20(24)26/h5-8,15-16H,9-14H2,1-4H3/t15-/m1/s1. The number of piperidine rings is 1. The van der Waals surface area contributed by atoms with E-state index >= 15 is 0 Å². The molecule has 0 aromatic heterocycles. The van der Waals surface area contributed by atoms with Crippen LogP contribution in [0.2, 0.25) is 0 Å². The normalized spacial score (nSPS) is 19.7. The number of rotatable bonds is 4. The first-order valence-electron chi connectivity index (χ1n) is 9.43. The molecule has 0 bridgehead atoms. The number of para-hydroxylation sites is 1. The fraction of sp³-hybridized carbons (Fsp3) is 0.600. The van der Waals surface area contributed by atoms with Gasteiger partial charge in [0.25, 0.3) is 0 Å². The average Bonchev–Trinajstić information content (AvgIpc) is 2.64. The van der Waals surface area contributed by atoms with Gasteiger partial charge in [-0.25, -0.2) is 4.79 Å². The molecule has 0 radical (unpaired) electrons. The number of benzene rings is 1. The van der Waals surface area contributed by atoms with Gasteiger partial charge in [-0.1, -0.05) is 18.2 Å². The molecule has 26 heavy (non-hydrogen) atoms. The van der Waals surface area contributed by atoms with Crippen LogP contribution in [0.5, 0.6) is 0 Å². The van der Waals surface area contributed by atoms with Crippen LogP contribution in [0.4, 0.5) is 10.5 Å². The van der Waals surface area contributed by atoms with Gasteiger partial charge >= 0.3 is 6.03 Å². The first-order chi connectivity index (χ1) is 12.4. The van der Waals surface area contributed by atoms with Crippen LogP contribution in [0, 0.1) is 5.92 Å². The van der Waals surface area contributed by atoms with Gasteiger partial charge in [0.05, 0.1) is 5.69 Å². The number of amides is 3. The maximum absolute atomic E-state index is 12.8. The van der Waals surface area contributed by atoms with E-state index in [2.05, 4.69) is 25.9 Å². The van der Waals surface area contributed by atoms with E-state index in [9.17, 15) is 9.59 Å². The van der Waals surface area contributed by atoms with Gasteiger partial charge in [0, 0.05) is 32.7 Å². The highest BCUT2D eigenvalue weighted by Crippen LogP contribution is 2.28. The Morgan fingerprint density at radius 3 is 2.54 bits per heavy atom. The lowest BCUT2D eigenvalue weighted by molar-refractivity contribution is -0.131. The van der Waals surface area contributed by atoms with E-state index in [1.807, 2.05) is 29.2 Å². The van der Waals surface area contributed by atoms with Crippen LogP contribution in [0.3, 0.4) is 0 Å². The Labute approximate surface area is 156 Å². The second-order valence-corrected chi connectivity index (χ2v) is 7.78. The Balaban J connectivity index is 1.64. The number of carbonyl (C=O) groups is 2. The smallest absolute Gasteiger partial charge is 0.325 e. The van der Waals surface area contributed by atoms with Crippen molar-refractivity contribution in [3.8, 4) is 0 Å². The SMILES string of the molecule is C[C@H](C1CCN(C(=O)CN2C(=O)N(C)Cc3ccccc32)CC1)N(C)C. The molecule has 3 amide bonds. The highest BCUT2D eigenvalue weighted by Gasteiger charge is 2.32. The van der Waals surface area contributed by atoms with E-state index in [0.29, 0.717) is 18.5 Å². The molecule has 0 saturated carbocycles. The van der Waals surface area contributed by atoms with E-state index in [0.717, 1.165) is 37.2 Å². The Morgan fingerprint density at radius 2 is 1.88 bits per heavy atom. The lowest BCUT2D eigenvalue weighted by atomic mass is 9.89. The molecule has 0 aliphatic carbocycles. The molecule has 142 valence electrons. The van der Waals surface area contributed by atoms with Crippen molar-refractivity contribution in [1.29, 1.82) is 0 Å². The number of carbonyl (C=O) groups excluding carboxylic acids is 2. The van der Waals surface area contributed by atoms with Crippen LogP contribution in [0.25, 0.3) is 0 Å². The van der Waals surface area contributed by atoms with Gasteiger partial charge < -0.3 is 14.7 Å². The molecule has 6 nitrogen and oxygen atoms in total. The van der Waals surface area contributed by atoms with Crippen LogP contribution < -0.4 is 4.90 Å². The van der Waals surface area contributed by atoms with Crippen LogP contribution in [-0.4, -0.2) is 73.5 Å². The quantitative estimate of drug-likeness (QED) is 0.829. The summed E-state index contributed by atoms with van der Waals surface area (Å²) >= 11 is 0. The summed E-state index contributed by atoms with van der Waals surface area (Å²) in [4.78, 5) is 32.9. The molecule has 2 aliphatic heterocycles. The van der Waals surface area contributed by atoms with E-state index in [1.165, 1.54) is 0 Å². The third-order valence-electron chi connectivity index (χ3n) is 5.93. The van der Waals surface area contributed by atoms with E-state index in [-0.39, 0.29) is 18.5 Å². The van der Waals surface area contributed by atoms with Crippen LogP contribution in [-0.2, 0) is 11.3 Å². The average molecular weight is 358 g/mol. The minimum absolute atomic E-state index is 0.0411. The number of fused-ring (bicyclic) bond motifs is 1. The summed E-state index contributed by atoms with van der Waals surface area (Å²) in [5.74, 6) is 0.664. The zero-order chi connectivity index (χ0) is 18.8. The van der Waals surface area contributed by atoms with Crippen molar-refractivity contribution in [2.45, 2.75) is 32.4 Å². The first-order valence-corrected chi connectivity index (χ1v) is 9.43. The summed E-state index contributed by atoms with van der Waals surface area (Å²) in [6, 6.07) is 8.26. The number of anilines is 1. The molecule has 1 aromatic carbocycles. The molecule has 0 N–H and O–H groups in total. The Morgan fingerprint density at radius 1 is 1.23 bits per heavy atom. The minimum atomic E-state index is -0.104. The molecule has 1 saturated heterocycles. The van der Waals surface area contributed by atoms with Gasteiger partial charge in [0.15, 0.2) is 0 Å². The second-order valence-electron chi connectivity index (χ2n) is 7.78. The van der Waals surface area contributed by atoms with Crippen molar-refractivity contribution in [2.75, 3.05) is 45.7 Å². The molecular formula is C20H30N4O2. The molecule has 1 atom stereocenters. The predicted molar refractivity (Wildman–Crippen MR) is 103 cm³/mol. The molecule has 1 aromatic rings. The van der Waals surface area contributed by atoms with Crippen LogP contribution in [0.15, 0.2) is 24.3 Å². The summed E-state index contributed by atoms with van der Waals surface area (Å²) in [6.07, 6.45) is 2.05. The summed E-state index contributed by atoms with van der Waals surface area (Å²) in [7, 11) is 6.00. The van der Waals surface area contributed by atoms with Crippen molar-refractivity contribution in [3.63, 3.8) is 0 Å². The Kier molecular flexibility index (Phi) is 5.51. The monoisotopic (exact) mass is 358 g/mol. The van der Waals surface area contributed by atoms with Crippen molar-refractivity contribution < 1.29 is 9.59 Å². The lowest BCUT2D eigenvalue weighted by Gasteiger charge is -2.39. The van der Waals surface area contributed by atoms with Crippen LogP contribution >= 0.6 is 0 Å². The number of likely N-dealkylation sites (tertiary alicyclic amines) is 1. The highest BCUT2D eigenvalue weighted by molar-refractivity contribution is 5.99. The molecule has 0 spiro atoms. The van der Waals surface area contributed by atoms with Gasteiger partial charge in [-0.05, 0) is 51.4 Å². The Bertz CT molecular complexity index is 668. The van der Waals surface area contributed by atoms with Crippen molar-refractivity contribution >= 4 is 17.6 Å². The van der Waals surface area contributed by atoms with Crippen molar-refractivity contribution in [2.24, 2.45) is 5.92 Å². The van der Waals surface area contributed by atoms with E-state index in [1.54, 1.807) is 16.8 Å². The zero-order valence-electron chi connectivity index (χ0n) is 16.3.